The van der Waals surface area contributed by atoms with E-state index in [1.54, 1.807) is 36.4 Å². The van der Waals surface area contributed by atoms with Crippen molar-refractivity contribution in [1.82, 2.24) is 0 Å². The number of hydrogen-bond donors (Lipinski definition) is 2. The number of rotatable bonds is 7. The zero-order valence-corrected chi connectivity index (χ0v) is 18.5. The lowest BCUT2D eigenvalue weighted by Gasteiger charge is -2.23. The molecule has 0 saturated heterocycles. The summed E-state index contributed by atoms with van der Waals surface area (Å²) in [5, 5.41) is 11.4. The Bertz CT molecular complexity index is 1320. The summed E-state index contributed by atoms with van der Waals surface area (Å²) in [5.41, 5.74) is -0.0674. The number of benzene rings is 3. The molecule has 0 aliphatic carbocycles. The normalized spacial score (nSPS) is 17.7. The van der Waals surface area contributed by atoms with Crippen LogP contribution in [0.1, 0.15) is 27.9 Å². The number of carbonyl (C=O) groups is 2. The largest absolute Gasteiger partial charge is 0.375 e. The van der Waals surface area contributed by atoms with Crippen LogP contribution in [0.5, 0.6) is 0 Å². The van der Waals surface area contributed by atoms with E-state index in [0.717, 1.165) is 6.26 Å². The molecule has 0 spiro atoms. The van der Waals surface area contributed by atoms with Crippen LogP contribution < -0.4 is 9.62 Å². The molecule has 0 aromatic heterocycles. The second kappa shape index (κ2) is 8.42. The molecule has 1 amide bonds. The van der Waals surface area contributed by atoms with Crippen LogP contribution in [0.2, 0.25) is 0 Å². The van der Waals surface area contributed by atoms with Gasteiger partial charge in [-0.05, 0) is 48.0 Å². The minimum Gasteiger partial charge on any atom is -0.375 e. The van der Waals surface area contributed by atoms with Crippen LogP contribution in [0.4, 0.5) is 15.8 Å². The van der Waals surface area contributed by atoms with Gasteiger partial charge in [0.2, 0.25) is 10.0 Å². The molecule has 9 heteroatoms. The van der Waals surface area contributed by atoms with Gasteiger partial charge in [0.05, 0.1) is 24.9 Å². The number of amides is 1. The lowest BCUT2D eigenvalue weighted by molar-refractivity contribution is -0.136. The molecule has 170 valence electrons. The van der Waals surface area contributed by atoms with E-state index >= 15 is 0 Å². The van der Waals surface area contributed by atoms with Crippen molar-refractivity contribution in [3.05, 3.63) is 95.3 Å². The van der Waals surface area contributed by atoms with Gasteiger partial charge in [-0.2, -0.15) is 0 Å². The maximum Gasteiger partial charge on any atom is 0.264 e. The Labute approximate surface area is 190 Å². The minimum absolute atomic E-state index is 0.110. The Morgan fingerprint density at radius 3 is 2.30 bits per heavy atom. The second-order valence-corrected chi connectivity index (χ2v) is 9.70. The first-order chi connectivity index (χ1) is 15.6. The Morgan fingerprint density at radius 2 is 1.67 bits per heavy atom. The molecule has 0 bridgehead atoms. The van der Waals surface area contributed by atoms with Crippen molar-refractivity contribution in [3.8, 4) is 0 Å². The van der Waals surface area contributed by atoms with Gasteiger partial charge < -0.3 is 10.0 Å². The van der Waals surface area contributed by atoms with Gasteiger partial charge >= 0.3 is 0 Å². The van der Waals surface area contributed by atoms with Crippen LogP contribution in [-0.2, 0) is 27.0 Å². The fourth-order valence-corrected chi connectivity index (χ4v) is 4.44. The van der Waals surface area contributed by atoms with E-state index in [9.17, 15) is 27.5 Å². The average Bonchev–Trinajstić information content (AvgIpc) is 2.96. The summed E-state index contributed by atoms with van der Waals surface area (Å²) in [7, 11) is -3.46. The first-order valence-corrected chi connectivity index (χ1v) is 12.0. The lowest BCUT2D eigenvalue weighted by atomic mass is 9.88. The van der Waals surface area contributed by atoms with E-state index in [2.05, 4.69) is 4.72 Å². The number of aliphatic hydroxyl groups is 1. The number of para-hydroxylation sites is 1. The fraction of sp³-hybridized carbons (Fsp3) is 0.167. The molecule has 1 unspecified atom stereocenters. The first-order valence-electron chi connectivity index (χ1n) is 10.1. The Balaban J connectivity index is 1.59. The summed E-state index contributed by atoms with van der Waals surface area (Å²) < 4.78 is 38.3. The summed E-state index contributed by atoms with van der Waals surface area (Å²) in [6.07, 6.45) is 0.532. The molecule has 0 saturated carbocycles. The summed E-state index contributed by atoms with van der Waals surface area (Å²) >= 11 is 0. The topological polar surface area (TPSA) is 104 Å². The van der Waals surface area contributed by atoms with Gasteiger partial charge in [0.25, 0.3) is 5.91 Å². The van der Waals surface area contributed by atoms with Crippen LogP contribution in [-0.4, -0.2) is 31.5 Å². The quantitative estimate of drug-likeness (QED) is 0.519. The number of nitrogens with zero attached hydrogens (tertiary/aromatic N) is 1. The molecule has 1 aliphatic heterocycles. The van der Waals surface area contributed by atoms with Crippen molar-refractivity contribution >= 4 is 33.1 Å². The van der Waals surface area contributed by atoms with Gasteiger partial charge in [0, 0.05) is 16.8 Å². The van der Waals surface area contributed by atoms with Gasteiger partial charge in [-0.1, -0.05) is 30.3 Å². The maximum atomic E-state index is 13.3. The molecule has 0 radical (unpaired) electrons. The van der Waals surface area contributed by atoms with E-state index in [1.165, 1.54) is 41.3 Å². The SMILES string of the molecule is CS(=O)(=O)Nc1ccc(C(=O)CC2(O)C(=O)N(Cc3ccc(F)cc3)c3ccccc32)cc1. The van der Waals surface area contributed by atoms with Crippen molar-refractivity contribution < 1.29 is 27.5 Å². The minimum atomic E-state index is -3.46. The van der Waals surface area contributed by atoms with Crippen LogP contribution in [0.3, 0.4) is 0 Å². The van der Waals surface area contributed by atoms with Crippen LogP contribution in [0.25, 0.3) is 0 Å². The number of halogens is 1. The number of fused-ring (bicyclic) bond motifs is 1. The van der Waals surface area contributed by atoms with E-state index in [4.69, 9.17) is 0 Å². The first kappa shape index (κ1) is 22.6. The van der Waals surface area contributed by atoms with E-state index < -0.39 is 39.6 Å². The Hall–Kier alpha value is -3.56. The predicted molar refractivity (Wildman–Crippen MR) is 122 cm³/mol. The zero-order chi connectivity index (χ0) is 23.8. The highest BCUT2D eigenvalue weighted by atomic mass is 32.2. The van der Waals surface area contributed by atoms with Crippen LogP contribution >= 0.6 is 0 Å². The predicted octanol–water partition coefficient (Wildman–Crippen LogP) is 3.20. The van der Waals surface area contributed by atoms with Crippen molar-refractivity contribution in [3.63, 3.8) is 0 Å². The van der Waals surface area contributed by atoms with Crippen LogP contribution in [0, 0.1) is 5.82 Å². The average molecular weight is 469 g/mol. The number of ketones is 1. The molecule has 4 rings (SSSR count). The highest BCUT2D eigenvalue weighted by Gasteiger charge is 2.50. The molecule has 3 aromatic rings. The number of sulfonamides is 1. The van der Waals surface area contributed by atoms with E-state index in [-0.39, 0.29) is 12.1 Å². The third-order valence-corrected chi connectivity index (χ3v) is 6.03. The zero-order valence-electron chi connectivity index (χ0n) is 17.7. The molecule has 7 nitrogen and oxygen atoms in total. The maximum absolute atomic E-state index is 13.3. The lowest BCUT2D eigenvalue weighted by Crippen LogP contribution is -2.41. The van der Waals surface area contributed by atoms with Crippen LogP contribution in [0.15, 0.2) is 72.8 Å². The second-order valence-electron chi connectivity index (χ2n) is 7.95. The summed E-state index contributed by atoms with van der Waals surface area (Å²) in [6, 6.07) is 18.1. The molecule has 1 aliphatic rings. The molecule has 2 N–H and O–H groups in total. The third kappa shape index (κ3) is 4.64. The number of carbonyl (C=O) groups excluding carboxylic acids is 2. The highest BCUT2D eigenvalue weighted by molar-refractivity contribution is 7.92. The molecule has 0 fully saturated rings. The fourth-order valence-electron chi connectivity index (χ4n) is 3.88. The highest BCUT2D eigenvalue weighted by Crippen LogP contribution is 2.43. The van der Waals surface area contributed by atoms with Crippen molar-refractivity contribution in [2.45, 2.75) is 18.6 Å². The van der Waals surface area contributed by atoms with Crippen molar-refractivity contribution in [2.24, 2.45) is 0 Å². The Kier molecular flexibility index (Phi) is 5.77. The Morgan fingerprint density at radius 1 is 1.03 bits per heavy atom. The number of anilines is 2. The molecule has 1 atom stereocenters. The summed E-state index contributed by atoms with van der Waals surface area (Å²) in [6.45, 7) is 0.110. The standard InChI is InChI=1S/C24H21FN2O5S/c1-33(31,32)26-19-12-8-17(9-13-19)22(28)14-24(30)20-4-2-3-5-21(20)27(23(24)29)15-16-6-10-18(25)11-7-16/h2-13,26,30H,14-15H2,1H3. The van der Waals surface area contributed by atoms with Gasteiger partial charge in [0.15, 0.2) is 11.4 Å². The van der Waals surface area contributed by atoms with Gasteiger partial charge in [-0.25, -0.2) is 12.8 Å². The van der Waals surface area contributed by atoms with Crippen molar-refractivity contribution in [1.29, 1.82) is 0 Å². The smallest absolute Gasteiger partial charge is 0.264 e. The summed E-state index contributed by atoms with van der Waals surface area (Å²) in [5.74, 6) is -1.52. The molecular weight excluding hydrogens is 447 g/mol. The van der Waals surface area contributed by atoms with E-state index in [0.29, 0.717) is 22.5 Å². The molecular formula is C24H21FN2O5S. The number of Topliss-reactive ketones (excluding diaryl/α,β-unsaturated/α-hetero) is 1. The van der Waals surface area contributed by atoms with E-state index in [1.807, 2.05) is 0 Å². The third-order valence-electron chi connectivity index (χ3n) is 5.42. The van der Waals surface area contributed by atoms with Gasteiger partial charge in [-0.3, -0.25) is 14.3 Å². The number of nitrogens with one attached hydrogen (secondary N) is 1. The monoisotopic (exact) mass is 468 g/mol. The molecule has 1 heterocycles. The number of hydrogen-bond acceptors (Lipinski definition) is 5. The molecule has 3 aromatic carbocycles. The van der Waals surface area contributed by atoms with Gasteiger partial charge in [0.1, 0.15) is 5.82 Å². The van der Waals surface area contributed by atoms with Gasteiger partial charge in [-0.15, -0.1) is 0 Å². The molecule has 33 heavy (non-hydrogen) atoms. The summed E-state index contributed by atoms with van der Waals surface area (Å²) in [4.78, 5) is 27.6. The van der Waals surface area contributed by atoms with Crippen molar-refractivity contribution in [2.75, 3.05) is 15.9 Å².